The van der Waals surface area contributed by atoms with E-state index < -0.39 is 5.97 Å². The van der Waals surface area contributed by atoms with Crippen LogP contribution in [0.25, 0.3) is 11.2 Å². The lowest BCUT2D eigenvalue weighted by Gasteiger charge is -2.01. The van der Waals surface area contributed by atoms with E-state index in [1.54, 1.807) is 0 Å². The van der Waals surface area contributed by atoms with Crippen LogP contribution >= 0.6 is 11.6 Å². The number of hydrogen-bond donors (Lipinski definition) is 3. The predicted molar refractivity (Wildman–Crippen MR) is 52.8 cm³/mol. The maximum atomic E-state index is 10.3. The first kappa shape index (κ1) is 9.66. The van der Waals surface area contributed by atoms with E-state index in [0.717, 1.165) is 0 Å². The van der Waals surface area contributed by atoms with E-state index in [2.05, 4.69) is 25.3 Å². The summed E-state index contributed by atoms with van der Waals surface area (Å²) in [6.07, 6.45) is 1.44. The fraction of sp³-hybridized carbons (Fsp3) is 0.143. The number of anilines is 1. The van der Waals surface area contributed by atoms with Gasteiger partial charge in [0, 0.05) is 0 Å². The van der Waals surface area contributed by atoms with Crippen molar-refractivity contribution >= 4 is 34.7 Å². The van der Waals surface area contributed by atoms with Gasteiger partial charge in [-0.2, -0.15) is 9.97 Å². The van der Waals surface area contributed by atoms with Gasteiger partial charge >= 0.3 is 5.97 Å². The lowest BCUT2D eigenvalue weighted by atomic mass is 10.5. The molecule has 8 heteroatoms. The molecule has 0 saturated carbocycles. The van der Waals surface area contributed by atoms with Gasteiger partial charge < -0.3 is 15.4 Å². The molecule has 2 heterocycles. The molecule has 15 heavy (non-hydrogen) atoms. The minimum Gasteiger partial charge on any atom is -0.480 e. The number of nitrogens with one attached hydrogen (secondary N) is 2. The highest BCUT2D eigenvalue weighted by Gasteiger charge is 2.08. The largest absolute Gasteiger partial charge is 0.480 e. The molecule has 0 spiro atoms. The van der Waals surface area contributed by atoms with Crippen molar-refractivity contribution in [3.63, 3.8) is 0 Å². The van der Waals surface area contributed by atoms with Crippen molar-refractivity contribution in [1.82, 2.24) is 19.9 Å². The number of carboxylic acid groups (broad SMARTS) is 1. The van der Waals surface area contributed by atoms with Gasteiger partial charge in [0.25, 0.3) is 0 Å². The number of fused-ring (bicyclic) bond motifs is 1. The normalized spacial score (nSPS) is 10.5. The molecule has 0 aliphatic carbocycles. The van der Waals surface area contributed by atoms with Crippen LogP contribution in [-0.4, -0.2) is 37.6 Å². The fourth-order valence-corrected chi connectivity index (χ4v) is 1.25. The number of aliphatic carboxylic acids is 1. The number of hydrogen-bond acceptors (Lipinski definition) is 5. The average Bonchev–Trinajstić information content (AvgIpc) is 2.63. The third-order valence-electron chi connectivity index (χ3n) is 1.64. The van der Waals surface area contributed by atoms with E-state index in [4.69, 9.17) is 16.7 Å². The number of imidazole rings is 1. The second kappa shape index (κ2) is 3.70. The van der Waals surface area contributed by atoms with Gasteiger partial charge in [-0.3, -0.25) is 4.79 Å². The Morgan fingerprint density at radius 2 is 2.40 bits per heavy atom. The summed E-state index contributed by atoms with van der Waals surface area (Å²) in [5.74, 6) is -0.862. The van der Waals surface area contributed by atoms with Crippen LogP contribution in [0.2, 0.25) is 5.15 Å². The molecule has 2 aromatic heterocycles. The van der Waals surface area contributed by atoms with Crippen LogP contribution in [0.1, 0.15) is 0 Å². The zero-order chi connectivity index (χ0) is 10.8. The monoisotopic (exact) mass is 227 g/mol. The number of H-pyrrole nitrogens is 1. The molecule has 0 aliphatic heterocycles. The molecule has 0 atom stereocenters. The number of rotatable bonds is 3. The van der Waals surface area contributed by atoms with Crippen molar-refractivity contribution in [3.05, 3.63) is 11.5 Å². The van der Waals surface area contributed by atoms with Crippen molar-refractivity contribution in [2.75, 3.05) is 11.9 Å². The lowest BCUT2D eigenvalue weighted by molar-refractivity contribution is -0.134. The number of nitrogens with zero attached hydrogens (tertiary/aromatic N) is 3. The lowest BCUT2D eigenvalue weighted by Crippen LogP contribution is -2.14. The van der Waals surface area contributed by atoms with Crippen LogP contribution in [0.15, 0.2) is 6.33 Å². The second-order valence-corrected chi connectivity index (χ2v) is 3.04. The Hall–Kier alpha value is -1.89. The van der Waals surface area contributed by atoms with E-state index >= 15 is 0 Å². The van der Waals surface area contributed by atoms with Crippen LogP contribution in [0.3, 0.4) is 0 Å². The van der Waals surface area contributed by atoms with Crippen molar-refractivity contribution in [2.45, 2.75) is 0 Å². The summed E-state index contributed by atoms with van der Waals surface area (Å²) in [4.78, 5) is 24.8. The molecule has 0 amide bonds. The summed E-state index contributed by atoms with van der Waals surface area (Å²) in [5.41, 5.74) is 0.917. The number of carbonyl (C=O) groups is 1. The summed E-state index contributed by atoms with van der Waals surface area (Å²) in [6, 6.07) is 0. The van der Waals surface area contributed by atoms with Gasteiger partial charge in [-0.1, -0.05) is 11.6 Å². The maximum Gasteiger partial charge on any atom is 0.322 e. The first-order valence-electron chi connectivity index (χ1n) is 3.99. The molecule has 3 N–H and O–H groups in total. The molecule has 0 fully saturated rings. The van der Waals surface area contributed by atoms with Crippen molar-refractivity contribution in [3.8, 4) is 0 Å². The van der Waals surface area contributed by atoms with Gasteiger partial charge in [0.1, 0.15) is 12.1 Å². The van der Waals surface area contributed by atoms with Gasteiger partial charge in [-0.15, -0.1) is 0 Å². The summed E-state index contributed by atoms with van der Waals surface area (Å²) in [6.45, 7) is -0.272. The van der Waals surface area contributed by atoms with E-state index in [-0.39, 0.29) is 17.6 Å². The van der Waals surface area contributed by atoms with Crippen LogP contribution in [0.5, 0.6) is 0 Å². The van der Waals surface area contributed by atoms with Crippen molar-refractivity contribution in [1.29, 1.82) is 0 Å². The SMILES string of the molecule is O=C(O)CNc1nc(Cl)c2[nH]cnc2n1. The molecule has 2 aromatic rings. The molecule has 0 radical (unpaired) electrons. The van der Waals surface area contributed by atoms with Crippen LogP contribution < -0.4 is 5.32 Å². The van der Waals surface area contributed by atoms with Crippen molar-refractivity contribution in [2.24, 2.45) is 0 Å². The summed E-state index contributed by atoms with van der Waals surface area (Å²) >= 11 is 5.81. The minimum atomic E-state index is -1.00. The maximum absolute atomic E-state index is 10.3. The predicted octanol–water partition coefficient (Wildman–Crippen LogP) is 0.503. The second-order valence-electron chi connectivity index (χ2n) is 2.69. The van der Waals surface area contributed by atoms with E-state index in [1.807, 2.05) is 0 Å². The topological polar surface area (TPSA) is 104 Å². The molecule has 0 bridgehead atoms. The van der Waals surface area contributed by atoms with Gasteiger partial charge in [-0.05, 0) is 0 Å². The third-order valence-corrected chi connectivity index (χ3v) is 1.91. The Balaban J connectivity index is 2.32. The van der Waals surface area contributed by atoms with Gasteiger partial charge in [-0.25, -0.2) is 4.98 Å². The van der Waals surface area contributed by atoms with Crippen LogP contribution in [-0.2, 0) is 4.79 Å². The van der Waals surface area contributed by atoms with E-state index in [9.17, 15) is 4.79 Å². The van der Waals surface area contributed by atoms with E-state index in [0.29, 0.717) is 11.2 Å². The highest BCUT2D eigenvalue weighted by atomic mass is 35.5. The molecule has 78 valence electrons. The quantitative estimate of drug-likeness (QED) is 0.660. The molecular weight excluding hydrogens is 222 g/mol. The average molecular weight is 228 g/mol. The minimum absolute atomic E-state index is 0.141. The molecule has 0 aliphatic rings. The Labute approximate surface area is 88.5 Å². The summed E-state index contributed by atoms with van der Waals surface area (Å²) < 4.78 is 0. The molecule has 0 saturated heterocycles. The standard InChI is InChI=1S/C7H6ClN5O2/c8-5-4-6(11-2-10-4)13-7(12-5)9-1-3(14)15/h2H,1H2,(H,14,15)(H2,9,10,11,12,13). The number of carboxylic acids is 1. The van der Waals surface area contributed by atoms with Crippen molar-refractivity contribution < 1.29 is 9.90 Å². The molecule has 2 rings (SSSR count). The van der Waals surface area contributed by atoms with Crippen LogP contribution in [0, 0.1) is 0 Å². The zero-order valence-electron chi connectivity index (χ0n) is 7.36. The highest BCUT2D eigenvalue weighted by Crippen LogP contribution is 2.17. The third kappa shape index (κ3) is 1.96. The van der Waals surface area contributed by atoms with Gasteiger partial charge in [0.2, 0.25) is 5.95 Å². The first-order valence-corrected chi connectivity index (χ1v) is 4.37. The molecular formula is C7H6ClN5O2. The number of halogens is 1. The molecule has 0 unspecified atom stereocenters. The summed E-state index contributed by atoms with van der Waals surface area (Å²) in [7, 11) is 0. The van der Waals surface area contributed by atoms with Gasteiger partial charge in [0.15, 0.2) is 10.8 Å². The molecule has 0 aromatic carbocycles. The smallest absolute Gasteiger partial charge is 0.322 e. The Kier molecular flexibility index (Phi) is 2.38. The first-order chi connectivity index (χ1) is 7.16. The Morgan fingerprint density at radius 3 is 3.13 bits per heavy atom. The van der Waals surface area contributed by atoms with Gasteiger partial charge in [0.05, 0.1) is 6.33 Å². The molecule has 7 nitrogen and oxygen atoms in total. The van der Waals surface area contributed by atoms with Crippen LogP contribution in [0.4, 0.5) is 5.95 Å². The van der Waals surface area contributed by atoms with E-state index in [1.165, 1.54) is 6.33 Å². The number of aromatic amines is 1. The zero-order valence-corrected chi connectivity index (χ0v) is 8.12. The highest BCUT2D eigenvalue weighted by molar-refractivity contribution is 6.33. The Bertz CT molecular complexity index is 511. The number of aromatic nitrogens is 4. The fourth-order valence-electron chi connectivity index (χ4n) is 1.03. The summed E-state index contributed by atoms with van der Waals surface area (Å²) in [5, 5.41) is 11.2. The Morgan fingerprint density at radius 1 is 1.60 bits per heavy atom.